The number of hydrogen-bond acceptors (Lipinski definition) is 6. The largest absolute Gasteiger partial charge is 0.490 e. The zero-order valence-corrected chi connectivity index (χ0v) is 38.9. The van der Waals surface area contributed by atoms with E-state index in [0.29, 0.717) is 5.56 Å². The Morgan fingerprint density at radius 1 is 0.500 bits per heavy atom. The van der Waals surface area contributed by atoms with Crippen LogP contribution in [0.25, 0.3) is 11.1 Å². The number of ether oxygens (including phenoxy) is 3. The fraction of sp³-hybridized carbons (Fsp3) is 0.352. The molecule has 0 radical (unpaired) electrons. The van der Waals surface area contributed by atoms with E-state index in [1.165, 1.54) is 62.7 Å². The predicted octanol–water partition coefficient (Wildman–Crippen LogP) is 14.8. The summed E-state index contributed by atoms with van der Waals surface area (Å²) in [5.41, 5.74) is 6.43. The van der Waals surface area contributed by atoms with Crippen molar-refractivity contribution in [2.24, 2.45) is 0 Å². The molecule has 0 aromatic heterocycles. The maximum Gasteiger partial charge on any atom is 0.341 e. The Bertz CT molecular complexity index is 2410. The molecule has 5 aliphatic rings. The zero-order valence-electron chi connectivity index (χ0n) is 35.9. The molecule has 6 nitrogen and oxygen atoms in total. The molecule has 64 heavy (non-hydrogen) atoms. The van der Waals surface area contributed by atoms with Crippen LogP contribution in [0.2, 0.25) is 20.1 Å². The van der Waals surface area contributed by atoms with E-state index < -0.39 is 11.6 Å². The molecule has 0 amide bonds. The first-order valence-corrected chi connectivity index (χ1v) is 24.5. The van der Waals surface area contributed by atoms with Crippen LogP contribution >= 0.6 is 46.4 Å². The second kappa shape index (κ2) is 18.7. The number of carbonyl (C=O) groups excluding carboxylic acids is 1. The van der Waals surface area contributed by atoms with Gasteiger partial charge in [-0.15, -0.1) is 0 Å². The molecule has 0 atom stereocenters. The van der Waals surface area contributed by atoms with Crippen LogP contribution in [0, 0.1) is 0 Å². The first-order valence-electron chi connectivity index (χ1n) is 23.0. The molecule has 3 aliphatic heterocycles. The maximum absolute atomic E-state index is 14.5. The van der Waals surface area contributed by atoms with Crippen LogP contribution in [0.5, 0.6) is 11.5 Å². The fourth-order valence-corrected chi connectivity index (χ4v) is 11.3. The van der Waals surface area contributed by atoms with Crippen molar-refractivity contribution in [3.63, 3.8) is 0 Å². The first-order chi connectivity index (χ1) is 31.2. The van der Waals surface area contributed by atoms with Crippen LogP contribution in [0.3, 0.4) is 0 Å². The molecule has 5 aromatic rings. The van der Waals surface area contributed by atoms with Crippen molar-refractivity contribution < 1.29 is 19.0 Å². The van der Waals surface area contributed by atoms with Gasteiger partial charge in [0.2, 0.25) is 0 Å². The topological polar surface area (TPSA) is 51.2 Å². The lowest BCUT2D eigenvalue weighted by atomic mass is 9.83. The second-order valence-corrected chi connectivity index (χ2v) is 19.4. The highest BCUT2D eigenvalue weighted by atomic mass is 35.5. The minimum absolute atomic E-state index is 0.000976. The SMILES string of the molecule is O=C1OC(C=C(c2ccc(OC3CCCC3)cc2)c2ccc(N3CCCC3)cc2)(C=C(c2ccc(OC3CCCC3)cc2)c2ccc(N3CCCC3)cc2)c2c(Cl)c(Cl)c(Cl)c(Cl)c21. The Kier molecular flexibility index (Phi) is 12.7. The number of esters is 1. The van der Waals surface area contributed by atoms with Crippen molar-refractivity contribution in [1.82, 2.24) is 0 Å². The molecule has 0 bridgehead atoms. The summed E-state index contributed by atoms with van der Waals surface area (Å²) in [7, 11) is 0. The molecule has 0 spiro atoms. The van der Waals surface area contributed by atoms with Gasteiger partial charge in [-0.2, -0.15) is 0 Å². The van der Waals surface area contributed by atoms with Gasteiger partial charge in [0.05, 0.1) is 37.9 Å². The van der Waals surface area contributed by atoms with Crippen LogP contribution in [-0.4, -0.2) is 44.4 Å². The molecule has 5 aromatic carbocycles. The van der Waals surface area contributed by atoms with E-state index >= 15 is 0 Å². The molecule has 0 unspecified atom stereocenters. The van der Waals surface area contributed by atoms with Crippen LogP contribution < -0.4 is 19.3 Å². The van der Waals surface area contributed by atoms with Crippen LogP contribution in [0.15, 0.2) is 109 Å². The lowest BCUT2D eigenvalue weighted by Crippen LogP contribution is -2.23. The number of carbonyl (C=O) groups is 1. The summed E-state index contributed by atoms with van der Waals surface area (Å²) in [5, 5.41) is 0.137. The van der Waals surface area contributed by atoms with E-state index in [9.17, 15) is 4.79 Å². The molecule has 0 N–H and O–H groups in total. The van der Waals surface area contributed by atoms with Gasteiger partial charge in [0.1, 0.15) is 11.5 Å². The number of rotatable bonds is 12. The molecule has 330 valence electrons. The van der Waals surface area contributed by atoms with Gasteiger partial charge >= 0.3 is 5.97 Å². The highest BCUT2D eigenvalue weighted by molar-refractivity contribution is 6.53. The molecule has 2 saturated heterocycles. The third-order valence-electron chi connectivity index (χ3n) is 13.7. The number of hydrogen-bond donors (Lipinski definition) is 0. The van der Waals surface area contributed by atoms with Gasteiger partial charge in [-0.1, -0.05) is 94.9 Å². The predicted molar refractivity (Wildman–Crippen MR) is 262 cm³/mol. The average Bonchev–Trinajstić information content (AvgIpc) is 4.19. The van der Waals surface area contributed by atoms with E-state index in [2.05, 4.69) is 82.6 Å². The van der Waals surface area contributed by atoms with Crippen LogP contribution in [0.4, 0.5) is 11.4 Å². The van der Waals surface area contributed by atoms with Crippen LogP contribution in [0.1, 0.15) is 115 Å². The summed E-state index contributed by atoms with van der Waals surface area (Å²) in [6.07, 6.45) is 18.1. The standard InChI is InChI=1S/C54H52Cl4N2O4/c55-49-47-48(50(56)52(58)51(49)57)54(64-53(47)61,33-45(35-13-21-39(22-14-35)59-29-5-6-30-59)37-17-25-43(26-18-37)62-41-9-1-2-10-41)34-46(36-15-23-40(24-16-36)60-31-7-8-32-60)38-19-27-44(28-20-38)63-42-11-3-4-12-42/h13-28,33-34,41-42H,1-12,29-32H2. The lowest BCUT2D eigenvalue weighted by molar-refractivity contribution is 0.0300. The second-order valence-electron chi connectivity index (χ2n) is 17.9. The minimum Gasteiger partial charge on any atom is -0.490 e. The quantitative estimate of drug-likeness (QED) is 0.0706. The minimum atomic E-state index is -1.62. The highest BCUT2D eigenvalue weighted by Crippen LogP contribution is 2.54. The van der Waals surface area contributed by atoms with E-state index in [-0.39, 0.29) is 37.9 Å². The molecule has 2 saturated carbocycles. The number of halogens is 4. The van der Waals surface area contributed by atoms with Crippen LogP contribution in [-0.2, 0) is 10.3 Å². The van der Waals surface area contributed by atoms with Gasteiger partial charge in [-0.05, 0) is 171 Å². The number of cyclic esters (lactones) is 1. The molecule has 3 heterocycles. The lowest BCUT2D eigenvalue weighted by Gasteiger charge is -2.28. The Hall–Kier alpha value is -4.59. The monoisotopic (exact) mass is 932 g/mol. The Morgan fingerprint density at radius 3 is 1.25 bits per heavy atom. The van der Waals surface area contributed by atoms with Gasteiger partial charge < -0.3 is 24.0 Å². The van der Waals surface area contributed by atoms with Crippen molar-refractivity contribution in [3.05, 3.63) is 163 Å². The van der Waals surface area contributed by atoms with Crippen molar-refractivity contribution >= 4 is 74.9 Å². The van der Waals surface area contributed by atoms with E-state index in [4.69, 9.17) is 60.6 Å². The summed E-state index contributed by atoms with van der Waals surface area (Å²) in [5.74, 6) is 0.992. The maximum atomic E-state index is 14.5. The number of benzene rings is 5. The smallest absolute Gasteiger partial charge is 0.341 e. The highest BCUT2D eigenvalue weighted by Gasteiger charge is 2.48. The zero-order chi connectivity index (χ0) is 43.8. The normalized spacial score (nSPS) is 20.7. The van der Waals surface area contributed by atoms with Gasteiger partial charge in [0, 0.05) is 43.1 Å². The van der Waals surface area contributed by atoms with E-state index in [1.807, 2.05) is 36.4 Å². The molecular weight excluding hydrogens is 882 g/mol. The summed E-state index contributed by atoms with van der Waals surface area (Å²) >= 11 is 27.9. The first kappa shape index (κ1) is 43.3. The number of anilines is 2. The Balaban J connectivity index is 1.18. The molecule has 4 fully saturated rings. The van der Waals surface area contributed by atoms with Gasteiger partial charge in [-0.25, -0.2) is 4.79 Å². The summed E-state index contributed by atoms with van der Waals surface area (Å²) in [6.45, 7) is 4.12. The summed E-state index contributed by atoms with van der Waals surface area (Å²) < 4.78 is 19.6. The summed E-state index contributed by atoms with van der Waals surface area (Å²) in [6, 6.07) is 33.7. The summed E-state index contributed by atoms with van der Waals surface area (Å²) in [4.78, 5) is 19.3. The number of fused-ring (bicyclic) bond motifs is 1. The van der Waals surface area contributed by atoms with Crippen molar-refractivity contribution in [1.29, 1.82) is 0 Å². The molecule has 10 heteroatoms. The Morgan fingerprint density at radius 2 is 0.859 bits per heavy atom. The third-order valence-corrected chi connectivity index (χ3v) is 15.5. The molecular formula is C54H52Cl4N2O4. The van der Waals surface area contributed by atoms with Crippen molar-refractivity contribution in [3.8, 4) is 11.5 Å². The fourth-order valence-electron chi connectivity index (χ4n) is 10.3. The van der Waals surface area contributed by atoms with Gasteiger partial charge in [-0.3, -0.25) is 0 Å². The average molecular weight is 935 g/mol. The third kappa shape index (κ3) is 8.76. The molecule has 2 aliphatic carbocycles. The number of nitrogens with zero attached hydrogens (tertiary/aromatic N) is 2. The van der Waals surface area contributed by atoms with E-state index in [1.54, 1.807) is 0 Å². The Labute approximate surface area is 396 Å². The van der Waals surface area contributed by atoms with Gasteiger partial charge in [0.25, 0.3) is 0 Å². The van der Waals surface area contributed by atoms with Crippen molar-refractivity contribution in [2.75, 3.05) is 36.0 Å². The van der Waals surface area contributed by atoms with Gasteiger partial charge in [0.15, 0.2) is 5.60 Å². The molecule has 10 rings (SSSR count). The van der Waals surface area contributed by atoms with Crippen molar-refractivity contribution in [2.45, 2.75) is 94.9 Å². The van der Waals surface area contributed by atoms with E-state index in [0.717, 1.165) is 96.8 Å².